The van der Waals surface area contributed by atoms with E-state index in [1.165, 1.54) is 24.3 Å². The quantitative estimate of drug-likeness (QED) is 0.652. The minimum absolute atomic E-state index is 0.0803. The Morgan fingerprint density at radius 3 is 2.29 bits per heavy atom. The van der Waals surface area contributed by atoms with Gasteiger partial charge in [-0.1, -0.05) is 13.8 Å². The van der Waals surface area contributed by atoms with Crippen LogP contribution in [0.2, 0.25) is 0 Å². The van der Waals surface area contributed by atoms with E-state index >= 15 is 0 Å². The van der Waals surface area contributed by atoms with Gasteiger partial charge in [0.25, 0.3) is 0 Å². The second kappa shape index (κ2) is 8.78. The summed E-state index contributed by atoms with van der Waals surface area (Å²) in [7, 11) is -3.37. The molecule has 0 aliphatic carbocycles. The van der Waals surface area contributed by atoms with Crippen molar-refractivity contribution in [3.05, 3.63) is 29.8 Å². The number of benzene rings is 1. The lowest BCUT2D eigenvalue weighted by atomic mass is 10.2. The predicted octanol–water partition coefficient (Wildman–Crippen LogP) is 2.02. The molecule has 21 heavy (non-hydrogen) atoms. The van der Waals surface area contributed by atoms with Crippen molar-refractivity contribution in [1.82, 2.24) is 0 Å². The number of ether oxygens (including phenoxy) is 2. The molecule has 1 aromatic carbocycles. The number of nitrogens with zero attached hydrogens (tertiary/aromatic N) is 1. The molecule has 0 N–H and O–H groups in total. The summed E-state index contributed by atoms with van der Waals surface area (Å²) < 4.78 is 34.6. The molecule has 0 saturated heterocycles. The van der Waals surface area contributed by atoms with E-state index in [1.54, 1.807) is 0 Å². The molecule has 0 amide bonds. The monoisotopic (exact) mass is 311 g/mol. The summed E-state index contributed by atoms with van der Waals surface area (Å²) in [6.07, 6.45) is 0. The van der Waals surface area contributed by atoms with Crippen LogP contribution in [0.25, 0.3) is 0 Å². The highest BCUT2D eigenvalue weighted by Crippen LogP contribution is 2.12. The van der Waals surface area contributed by atoms with Crippen LogP contribution in [0.5, 0.6) is 0 Å². The maximum atomic E-state index is 12.0. The van der Waals surface area contributed by atoms with E-state index in [1.807, 2.05) is 6.07 Å². The highest BCUT2D eigenvalue weighted by molar-refractivity contribution is 7.91. The van der Waals surface area contributed by atoms with Gasteiger partial charge in [0.15, 0.2) is 9.84 Å². The summed E-state index contributed by atoms with van der Waals surface area (Å²) in [6, 6.07) is 7.83. The van der Waals surface area contributed by atoms with Gasteiger partial charge in [-0.25, -0.2) is 8.42 Å². The molecule has 116 valence electrons. The average molecular weight is 311 g/mol. The summed E-state index contributed by atoms with van der Waals surface area (Å²) in [6.45, 7) is 5.78. The molecule has 0 unspecified atom stereocenters. The highest BCUT2D eigenvalue weighted by atomic mass is 32.2. The predicted molar refractivity (Wildman–Crippen MR) is 79.7 cm³/mol. The Morgan fingerprint density at radius 2 is 1.71 bits per heavy atom. The lowest BCUT2D eigenvalue weighted by Crippen LogP contribution is -2.15. The zero-order valence-electron chi connectivity index (χ0n) is 12.4. The Bertz CT molecular complexity index is 558. The fourth-order valence-corrected chi connectivity index (χ4v) is 2.69. The van der Waals surface area contributed by atoms with E-state index in [-0.39, 0.29) is 17.3 Å². The first-order valence-electron chi connectivity index (χ1n) is 6.84. The minimum atomic E-state index is -3.37. The molecule has 0 fully saturated rings. The number of nitriles is 1. The van der Waals surface area contributed by atoms with E-state index in [4.69, 9.17) is 14.7 Å². The van der Waals surface area contributed by atoms with Crippen LogP contribution in [-0.2, 0) is 19.3 Å². The van der Waals surface area contributed by atoms with Gasteiger partial charge in [0.05, 0.1) is 42.1 Å². The van der Waals surface area contributed by atoms with Crippen LogP contribution in [0.1, 0.15) is 19.4 Å². The lowest BCUT2D eigenvalue weighted by molar-refractivity contribution is 0.0427. The van der Waals surface area contributed by atoms with E-state index in [9.17, 15) is 8.42 Å². The molecule has 5 nitrogen and oxygen atoms in total. The average Bonchev–Trinajstić information content (AvgIpc) is 2.46. The van der Waals surface area contributed by atoms with Gasteiger partial charge < -0.3 is 9.47 Å². The molecular formula is C15H21NO4S. The third kappa shape index (κ3) is 6.71. The second-order valence-corrected chi connectivity index (χ2v) is 7.15. The maximum absolute atomic E-state index is 12.0. The number of hydrogen-bond acceptors (Lipinski definition) is 5. The Morgan fingerprint density at radius 1 is 1.10 bits per heavy atom. The van der Waals surface area contributed by atoms with Crippen LogP contribution >= 0.6 is 0 Å². The van der Waals surface area contributed by atoms with Gasteiger partial charge in [-0.2, -0.15) is 5.26 Å². The van der Waals surface area contributed by atoms with Gasteiger partial charge in [-0.3, -0.25) is 0 Å². The largest absolute Gasteiger partial charge is 0.379 e. The van der Waals surface area contributed by atoms with Crippen molar-refractivity contribution in [2.24, 2.45) is 5.92 Å². The molecule has 1 aromatic rings. The van der Waals surface area contributed by atoms with E-state index < -0.39 is 9.84 Å². The van der Waals surface area contributed by atoms with Crippen molar-refractivity contribution in [2.75, 3.05) is 32.2 Å². The van der Waals surface area contributed by atoms with Crippen molar-refractivity contribution in [3.8, 4) is 6.07 Å². The molecule has 0 aromatic heterocycles. The van der Waals surface area contributed by atoms with Crippen molar-refractivity contribution < 1.29 is 17.9 Å². The summed E-state index contributed by atoms with van der Waals surface area (Å²) in [5, 5.41) is 8.68. The molecule has 0 saturated carbocycles. The maximum Gasteiger partial charge on any atom is 0.180 e. The molecule has 1 rings (SSSR count). The van der Waals surface area contributed by atoms with Crippen molar-refractivity contribution in [3.63, 3.8) is 0 Å². The molecule has 0 aliphatic heterocycles. The van der Waals surface area contributed by atoms with Gasteiger partial charge in [0.1, 0.15) is 0 Å². The van der Waals surface area contributed by atoms with Gasteiger partial charge >= 0.3 is 0 Å². The molecule has 0 aliphatic rings. The summed E-state index contributed by atoms with van der Waals surface area (Å²) >= 11 is 0. The fourth-order valence-electron chi connectivity index (χ4n) is 1.56. The number of sulfone groups is 1. The third-order valence-corrected chi connectivity index (χ3v) is 4.36. The van der Waals surface area contributed by atoms with Crippen molar-refractivity contribution in [1.29, 1.82) is 5.26 Å². The van der Waals surface area contributed by atoms with Crippen LogP contribution in [-0.4, -0.2) is 40.6 Å². The van der Waals surface area contributed by atoms with Crippen molar-refractivity contribution >= 4 is 9.84 Å². The lowest BCUT2D eigenvalue weighted by Gasteiger charge is -2.08. The summed E-state index contributed by atoms with van der Waals surface area (Å²) in [5.41, 5.74) is 0.438. The van der Waals surface area contributed by atoms with E-state index in [0.29, 0.717) is 31.3 Å². The molecule has 0 radical (unpaired) electrons. The van der Waals surface area contributed by atoms with Crippen LogP contribution in [0.3, 0.4) is 0 Å². The van der Waals surface area contributed by atoms with Crippen LogP contribution in [0.4, 0.5) is 0 Å². The van der Waals surface area contributed by atoms with Gasteiger partial charge in [0, 0.05) is 6.61 Å². The number of rotatable bonds is 9. The summed E-state index contributed by atoms with van der Waals surface area (Å²) in [4.78, 5) is 0.209. The Balaban J connectivity index is 2.31. The minimum Gasteiger partial charge on any atom is -0.379 e. The number of hydrogen-bond donors (Lipinski definition) is 0. The van der Waals surface area contributed by atoms with Gasteiger partial charge in [-0.15, -0.1) is 0 Å². The van der Waals surface area contributed by atoms with Crippen LogP contribution in [0.15, 0.2) is 29.2 Å². The zero-order chi connectivity index (χ0) is 15.7. The summed E-state index contributed by atoms with van der Waals surface area (Å²) in [5.74, 6) is 0.394. The van der Waals surface area contributed by atoms with Crippen LogP contribution < -0.4 is 0 Å². The van der Waals surface area contributed by atoms with E-state index in [2.05, 4.69) is 13.8 Å². The molecule has 0 bridgehead atoms. The molecule has 6 heteroatoms. The molecule has 0 spiro atoms. The molecular weight excluding hydrogens is 290 g/mol. The fraction of sp³-hybridized carbons (Fsp3) is 0.533. The van der Waals surface area contributed by atoms with E-state index in [0.717, 1.165) is 0 Å². The first kappa shape index (κ1) is 17.6. The third-order valence-electron chi connectivity index (χ3n) is 2.66. The Hall–Kier alpha value is -1.42. The SMILES string of the molecule is CC(C)COCCOCCS(=O)(=O)c1ccc(C#N)cc1. The topological polar surface area (TPSA) is 76.4 Å². The van der Waals surface area contributed by atoms with Gasteiger partial charge in [0.2, 0.25) is 0 Å². The van der Waals surface area contributed by atoms with Gasteiger partial charge in [-0.05, 0) is 30.2 Å². The zero-order valence-corrected chi connectivity index (χ0v) is 13.2. The highest BCUT2D eigenvalue weighted by Gasteiger charge is 2.13. The normalized spacial score (nSPS) is 11.5. The first-order valence-corrected chi connectivity index (χ1v) is 8.49. The Kier molecular flexibility index (Phi) is 7.37. The van der Waals surface area contributed by atoms with Crippen molar-refractivity contribution in [2.45, 2.75) is 18.7 Å². The standard InChI is InChI=1S/C15H21NO4S/c1-13(2)12-20-8-7-19-9-10-21(17,18)15-5-3-14(11-16)4-6-15/h3-6,13H,7-10,12H2,1-2H3. The molecule has 0 atom stereocenters. The molecule has 0 heterocycles. The first-order chi connectivity index (χ1) is 9.95. The van der Waals surface area contributed by atoms with Crippen LogP contribution in [0, 0.1) is 17.2 Å². The Labute approximate surface area is 126 Å². The smallest absolute Gasteiger partial charge is 0.180 e. The second-order valence-electron chi connectivity index (χ2n) is 5.04.